The molecule has 3 saturated carbocycles. The van der Waals surface area contributed by atoms with Crippen LogP contribution in [0.15, 0.2) is 41.1 Å². The molecule has 4 rings (SSSR count). The Morgan fingerprint density at radius 2 is 1.81 bits per heavy atom. The van der Waals surface area contributed by atoms with Gasteiger partial charge in [-0.25, -0.2) is 9.82 Å². The quantitative estimate of drug-likeness (QED) is 0.178. The number of carbonyl (C=O) groups is 4. The van der Waals surface area contributed by atoms with Gasteiger partial charge in [0.1, 0.15) is 12.2 Å². The average Bonchev–Trinajstić information content (AvgIpc) is 3.15. The SMILES string of the molecule is C=C(C)C(=O)NCC(=O)NCC(=O)N/N=C1\C=CC2(C)C(=C1)CCC1[C@@H]3C[C@@H](C)[C@](O)(C(=O)CO)C3(C)C[C@H](O)[C@@]12F. The summed E-state index contributed by atoms with van der Waals surface area (Å²) in [6, 6.07) is 0. The summed E-state index contributed by atoms with van der Waals surface area (Å²) in [5.74, 6) is -3.86. The maximum absolute atomic E-state index is 17.4. The maximum Gasteiger partial charge on any atom is 0.259 e. The zero-order valence-corrected chi connectivity index (χ0v) is 24.5. The maximum atomic E-state index is 17.4. The fourth-order valence-electron chi connectivity index (χ4n) is 8.06. The molecule has 0 saturated heterocycles. The number of allylic oxidation sites excluding steroid dienone is 4. The van der Waals surface area contributed by atoms with Crippen LogP contribution in [-0.2, 0) is 19.2 Å². The van der Waals surface area contributed by atoms with Gasteiger partial charge >= 0.3 is 0 Å². The van der Waals surface area contributed by atoms with Crippen LogP contribution in [0.1, 0.15) is 53.4 Å². The van der Waals surface area contributed by atoms with Crippen molar-refractivity contribution in [1.29, 1.82) is 0 Å². The van der Waals surface area contributed by atoms with Crippen LogP contribution in [0.4, 0.5) is 4.39 Å². The Kier molecular flexibility index (Phi) is 8.40. The fraction of sp³-hybridized carbons (Fsp3) is 0.633. The van der Waals surface area contributed by atoms with E-state index >= 15 is 4.39 Å². The normalized spacial score (nSPS) is 39.3. The summed E-state index contributed by atoms with van der Waals surface area (Å²) < 4.78 is 17.4. The van der Waals surface area contributed by atoms with Crippen molar-refractivity contribution in [2.45, 2.75) is 70.8 Å². The number of aliphatic hydroxyl groups is 3. The van der Waals surface area contributed by atoms with Crippen LogP contribution in [-0.4, -0.2) is 81.6 Å². The molecule has 230 valence electrons. The second kappa shape index (κ2) is 11.1. The Bertz CT molecular complexity index is 1300. The number of amides is 3. The number of nitrogens with zero attached hydrogens (tertiary/aromatic N) is 1. The first-order chi connectivity index (χ1) is 19.6. The number of alkyl halides is 1. The molecule has 0 aromatic rings. The summed E-state index contributed by atoms with van der Waals surface area (Å²) in [4.78, 5) is 48.3. The zero-order valence-electron chi connectivity index (χ0n) is 24.5. The van der Waals surface area contributed by atoms with Crippen LogP contribution in [0.3, 0.4) is 0 Å². The number of nitrogens with one attached hydrogen (secondary N) is 3. The predicted molar refractivity (Wildman–Crippen MR) is 151 cm³/mol. The van der Waals surface area contributed by atoms with Crippen molar-refractivity contribution in [2.24, 2.45) is 33.7 Å². The van der Waals surface area contributed by atoms with Gasteiger partial charge < -0.3 is 26.0 Å². The third kappa shape index (κ3) is 4.73. The van der Waals surface area contributed by atoms with Gasteiger partial charge in [0.25, 0.3) is 5.91 Å². The molecule has 11 nitrogen and oxygen atoms in total. The first-order valence-electron chi connectivity index (χ1n) is 14.3. The molecule has 0 aromatic heterocycles. The molecular weight excluding hydrogens is 547 g/mol. The molecule has 0 spiro atoms. The van der Waals surface area contributed by atoms with Crippen molar-refractivity contribution < 1.29 is 38.9 Å². The van der Waals surface area contributed by atoms with Crippen LogP contribution < -0.4 is 16.1 Å². The van der Waals surface area contributed by atoms with Crippen LogP contribution in [0.2, 0.25) is 0 Å². The van der Waals surface area contributed by atoms with Crippen LogP contribution in [0.5, 0.6) is 0 Å². The number of ketones is 1. The summed E-state index contributed by atoms with van der Waals surface area (Å²) in [5.41, 5.74) is -2.55. The van der Waals surface area contributed by atoms with Crippen molar-refractivity contribution in [3.8, 4) is 0 Å². The number of carbonyl (C=O) groups excluding carboxylic acids is 4. The molecule has 3 fully saturated rings. The van der Waals surface area contributed by atoms with Crippen molar-refractivity contribution in [3.05, 3.63) is 36.0 Å². The number of fused-ring (bicyclic) bond motifs is 5. The van der Waals surface area contributed by atoms with E-state index in [9.17, 15) is 34.5 Å². The Balaban J connectivity index is 1.46. The smallest absolute Gasteiger partial charge is 0.259 e. The standard InChI is InChI=1S/C30H41FN4O7/c1-16(2)26(41)33-13-24(39)32-14-25(40)35-34-19-8-9-27(4)18(11-19)6-7-20-21-10-17(3)30(42,23(38)15-36)28(21,5)12-22(37)29(20,27)31/h8-9,11,17,20-22,36-37,42H,1,6-7,10,12-15H2,2-5H3,(H,32,39)(H,33,41)(H,35,40)/b34-19+/t17-,20?,21+,22+,27?,28?,29+,30+/m1/s1. The molecule has 12 heteroatoms. The van der Waals surface area contributed by atoms with Crippen LogP contribution in [0, 0.1) is 28.6 Å². The van der Waals surface area contributed by atoms with E-state index in [1.54, 1.807) is 39.0 Å². The molecule has 0 bridgehead atoms. The van der Waals surface area contributed by atoms with Crippen molar-refractivity contribution in [1.82, 2.24) is 16.1 Å². The summed E-state index contributed by atoms with van der Waals surface area (Å²) in [5, 5.41) is 41.4. The lowest BCUT2D eigenvalue weighted by Crippen LogP contribution is -2.69. The van der Waals surface area contributed by atoms with E-state index in [0.29, 0.717) is 30.5 Å². The summed E-state index contributed by atoms with van der Waals surface area (Å²) >= 11 is 0. The fourth-order valence-corrected chi connectivity index (χ4v) is 8.06. The topological polar surface area (TPSA) is 177 Å². The average molecular weight is 589 g/mol. The highest BCUT2D eigenvalue weighted by Gasteiger charge is 2.75. The van der Waals surface area contributed by atoms with Gasteiger partial charge in [-0.05, 0) is 63.5 Å². The first kappa shape index (κ1) is 31.7. The molecule has 8 atom stereocenters. The second-order valence-electron chi connectivity index (χ2n) is 12.7. The van der Waals surface area contributed by atoms with Gasteiger partial charge in [-0.1, -0.05) is 32.1 Å². The van der Waals surface area contributed by atoms with Crippen molar-refractivity contribution in [3.63, 3.8) is 0 Å². The minimum atomic E-state index is -2.08. The third-order valence-electron chi connectivity index (χ3n) is 10.4. The van der Waals surface area contributed by atoms with E-state index in [1.807, 2.05) is 0 Å². The summed E-state index contributed by atoms with van der Waals surface area (Å²) in [7, 11) is 0. The molecule has 4 aliphatic rings. The number of Topliss-reactive ketones (excluding diaryl/α,β-unsaturated/α-hetero) is 1. The lowest BCUT2D eigenvalue weighted by Gasteiger charge is -2.62. The van der Waals surface area contributed by atoms with E-state index in [4.69, 9.17) is 0 Å². The highest BCUT2D eigenvalue weighted by Crippen LogP contribution is 2.70. The molecule has 0 aromatic carbocycles. The van der Waals surface area contributed by atoms with Gasteiger partial charge in [-0.3, -0.25) is 19.2 Å². The molecule has 0 radical (unpaired) electrons. The number of hydrazone groups is 1. The van der Waals surface area contributed by atoms with Crippen molar-refractivity contribution in [2.75, 3.05) is 19.7 Å². The van der Waals surface area contributed by atoms with E-state index in [2.05, 4.69) is 27.7 Å². The number of halogens is 1. The van der Waals surface area contributed by atoms with Crippen LogP contribution in [0.25, 0.3) is 0 Å². The number of hydrogen-bond donors (Lipinski definition) is 6. The van der Waals surface area contributed by atoms with Crippen LogP contribution >= 0.6 is 0 Å². The summed E-state index contributed by atoms with van der Waals surface area (Å²) in [6.07, 6.45) is 4.57. The van der Waals surface area contributed by atoms with Gasteiger partial charge in [0.2, 0.25) is 11.8 Å². The Morgan fingerprint density at radius 3 is 2.45 bits per heavy atom. The molecule has 6 N–H and O–H groups in total. The van der Waals surface area contributed by atoms with Gasteiger partial charge in [0, 0.05) is 22.3 Å². The van der Waals surface area contributed by atoms with E-state index in [1.165, 1.54) is 6.92 Å². The third-order valence-corrected chi connectivity index (χ3v) is 10.4. The van der Waals surface area contributed by atoms with E-state index < -0.39 is 70.2 Å². The largest absolute Gasteiger partial charge is 0.390 e. The molecular formula is C30H41FN4O7. The molecule has 3 amide bonds. The van der Waals surface area contributed by atoms with Gasteiger partial charge in [0.05, 0.1) is 24.9 Å². The lowest BCUT2D eigenvalue weighted by atomic mass is 9.44. The Labute approximate surface area is 244 Å². The predicted octanol–water partition coefficient (Wildman–Crippen LogP) is 0.607. The van der Waals surface area contributed by atoms with E-state index in [-0.39, 0.29) is 31.0 Å². The van der Waals surface area contributed by atoms with Gasteiger partial charge in [-0.2, -0.15) is 5.10 Å². The minimum Gasteiger partial charge on any atom is -0.390 e. The molecule has 0 heterocycles. The molecule has 0 aliphatic heterocycles. The highest BCUT2D eigenvalue weighted by atomic mass is 19.1. The Morgan fingerprint density at radius 1 is 1.14 bits per heavy atom. The van der Waals surface area contributed by atoms with Gasteiger partial charge in [0.15, 0.2) is 11.5 Å². The highest BCUT2D eigenvalue weighted by molar-refractivity contribution is 6.06. The second-order valence-corrected chi connectivity index (χ2v) is 12.7. The van der Waals surface area contributed by atoms with Crippen molar-refractivity contribution >= 4 is 29.2 Å². The minimum absolute atomic E-state index is 0.131. The molecule has 4 aliphatic carbocycles. The first-order valence-corrected chi connectivity index (χ1v) is 14.3. The molecule has 3 unspecified atom stereocenters. The monoisotopic (exact) mass is 588 g/mol. The number of aliphatic hydroxyl groups excluding tert-OH is 2. The van der Waals surface area contributed by atoms with Gasteiger partial charge in [-0.15, -0.1) is 0 Å². The number of rotatable bonds is 8. The van der Waals surface area contributed by atoms with E-state index in [0.717, 1.165) is 0 Å². The number of hydrogen-bond acceptors (Lipinski definition) is 8. The zero-order chi connectivity index (χ0) is 31.3. The summed E-state index contributed by atoms with van der Waals surface area (Å²) in [6.45, 7) is 8.67. The Hall–Kier alpha value is -3.22. The molecule has 42 heavy (non-hydrogen) atoms. The lowest BCUT2D eigenvalue weighted by molar-refractivity contribution is -0.219.